The zero-order valence-corrected chi connectivity index (χ0v) is 10.5. The van der Waals surface area contributed by atoms with E-state index >= 15 is 0 Å². The molecule has 1 heterocycles. The second-order valence-electron chi connectivity index (χ2n) is 3.78. The van der Waals surface area contributed by atoms with Crippen molar-refractivity contribution in [3.05, 3.63) is 23.8 Å². The van der Waals surface area contributed by atoms with Gasteiger partial charge in [-0.25, -0.2) is 4.79 Å². The van der Waals surface area contributed by atoms with E-state index in [0.717, 1.165) is 11.5 Å². The molecule has 2 rings (SSSR count). The number of hydrogen-bond acceptors (Lipinski definition) is 5. The molecular formula is C12H12O5S. The van der Waals surface area contributed by atoms with Crippen LogP contribution in [0.2, 0.25) is 0 Å². The minimum Gasteiger partial charge on any atom is -0.493 e. The molecule has 1 aliphatic rings. The van der Waals surface area contributed by atoms with Gasteiger partial charge in [-0.2, -0.15) is 11.8 Å². The molecule has 0 aromatic heterocycles. The Kier molecular flexibility index (Phi) is 3.76. The number of carbonyl (C=O) groups is 2. The molecule has 1 N–H and O–H groups in total. The zero-order chi connectivity index (χ0) is 13.1. The van der Waals surface area contributed by atoms with Crippen LogP contribution in [0.25, 0.3) is 0 Å². The van der Waals surface area contributed by atoms with Gasteiger partial charge in [-0.15, -0.1) is 0 Å². The van der Waals surface area contributed by atoms with Crippen LogP contribution in [-0.2, 0) is 4.79 Å². The topological polar surface area (TPSA) is 72.8 Å². The van der Waals surface area contributed by atoms with Crippen LogP contribution in [0.1, 0.15) is 10.4 Å². The van der Waals surface area contributed by atoms with Crippen LogP contribution in [0.15, 0.2) is 18.2 Å². The second kappa shape index (κ2) is 5.30. The number of carboxylic acid groups (broad SMARTS) is 1. The summed E-state index contributed by atoms with van der Waals surface area (Å²) in [5.74, 6) is 0.321. The van der Waals surface area contributed by atoms with Gasteiger partial charge >= 0.3 is 5.97 Å². The quantitative estimate of drug-likeness (QED) is 0.643. The highest BCUT2D eigenvalue weighted by molar-refractivity contribution is 8.00. The number of ketones is 1. The Labute approximate surface area is 108 Å². The van der Waals surface area contributed by atoms with E-state index in [9.17, 15) is 9.59 Å². The predicted octanol–water partition coefficient (Wildman–Crippen LogP) is 1.46. The third kappa shape index (κ3) is 2.59. The lowest BCUT2D eigenvalue weighted by molar-refractivity contribution is -0.131. The number of methoxy groups -OCH3 is 1. The van der Waals surface area contributed by atoms with E-state index in [2.05, 4.69) is 0 Å². The van der Waals surface area contributed by atoms with E-state index in [-0.39, 0.29) is 11.7 Å². The minimum absolute atomic E-state index is 0.0784. The van der Waals surface area contributed by atoms with E-state index in [1.165, 1.54) is 19.2 Å². The maximum absolute atomic E-state index is 11.3. The number of hydrogen-bond donors (Lipinski definition) is 1. The minimum atomic E-state index is -1.49. The molecule has 1 aromatic rings. The van der Waals surface area contributed by atoms with Crippen LogP contribution in [0, 0.1) is 0 Å². The normalized spacial score (nSPS) is 14.7. The van der Waals surface area contributed by atoms with Crippen molar-refractivity contribution in [1.82, 2.24) is 0 Å². The Hall–Kier alpha value is -1.69. The predicted molar refractivity (Wildman–Crippen MR) is 66.7 cm³/mol. The van der Waals surface area contributed by atoms with Crippen molar-refractivity contribution in [3.8, 4) is 11.5 Å². The first-order valence-corrected chi connectivity index (χ1v) is 6.47. The molecular weight excluding hydrogens is 256 g/mol. The van der Waals surface area contributed by atoms with Crippen molar-refractivity contribution in [2.24, 2.45) is 0 Å². The molecule has 0 spiro atoms. The first kappa shape index (κ1) is 12.8. The van der Waals surface area contributed by atoms with E-state index in [4.69, 9.17) is 14.6 Å². The van der Waals surface area contributed by atoms with Gasteiger partial charge in [0.2, 0.25) is 0 Å². The van der Waals surface area contributed by atoms with Crippen molar-refractivity contribution in [1.29, 1.82) is 0 Å². The van der Waals surface area contributed by atoms with Crippen molar-refractivity contribution in [2.45, 2.75) is 6.10 Å². The summed E-state index contributed by atoms with van der Waals surface area (Å²) in [4.78, 5) is 21.9. The van der Waals surface area contributed by atoms with Gasteiger partial charge in [0.25, 0.3) is 5.78 Å². The molecule has 0 atom stereocenters. The van der Waals surface area contributed by atoms with Gasteiger partial charge in [0, 0.05) is 17.1 Å². The van der Waals surface area contributed by atoms with Gasteiger partial charge in [0.05, 0.1) is 7.11 Å². The number of thioether (sulfide) groups is 1. The molecule has 1 aliphatic heterocycles. The molecule has 0 unspecified atom stereocenters. The molecule has 0 saturated carbocycles. The van der Waals surface area contributed by atoms with E-state index < -0.39 is 11.8 Å². The average molecular weight is 268 g/mol. The zero-order valence-electron chi connectivity index (χ0n) is 9.71. The SMILES string of the molecule is COc1cc(C(=O)C(=O)O)ccc1OC1CSC1. The van der Waals surface area contributed by atoms with E-state index in [1.54, 1.807) is 17.8 Å². The average Bonchev–Trinajstić information content (AvgIpc) is 2.32. The number of carboxylic acids is 1. The maximum Gasteiger partial charge on any atom is 0.377 e. The molecule has 0 radical (unpaired) electrons. The molecule has 0 bridgehead atoms. The largest absolute Gasteiger partial charge is 0.493 e. The molecule has 18 heavy (non-hydrogen) atoms. The van der Waals surface area contributed by atoms with Crippen molar-refractivity contribution >= 4 is 23.5 Å². The standard InChI is InChI=1S/C12H12O5S/c1-16-10-4-7(11(13)12(14)15)2-3-9(10)17-8-5-18-6-8/h2-4,8H,5-6H2,1H3,(H,14,15). The number of aliphatic carboxylic acids is 1. The van der Waals surface area contributed by atoms with Crippen LogP contribution in [0.4, 0.5) is 0 Å². The summed E-state index contributed by atoms with van der Waals surface area (Å²) in [5.41, 5.74) is 0.0784. The fourth-order valence-corrected chi connectivity index (χ4v) is 2.06. The second-order valence-corrected chi connectivity index (χ2v) is 4.85. The Balaban J connectivity index is 2.21. The highest BCUT2D eigenvalue weighted by Crippen LogP contribution is 2.32. The summed E-state index contributed by atoms with van der Waals surface area (Å²) >= 11 is 1.79. The summed E-state index contributed by atoms with van der Waals surface area (Å²) in [5, 5.41) is 8.64. The van der Waals surface area contributed by atoms with Gasteiger partial charge in [-0.05, 0) is 18.2 Å². The monoisotopic (exact) mass is 268 g/mol. The fourth-order valence-electron chi connectivity index (χ4n) is 1.49. The molecule has 96 valence electrons. The number of Topliss-reactive ketones (excluding diaryl/α,β-unsaturated/α-hetero) is 1. The van der Waals surface area contributed by atoms with Crippen LogP contribution in [0.5, 0.6) is 11.5 Å². The van der Waals surface area contributed by atoms with Gasteiger partial charge < -0.3 is 14.6 Å². The Morgan fingerprint density at radius 1 is 1.33 bits per heavy atom. The van der Waals surface area contributed by atoms with E-state index in [0.29, 0.717) is 11.5 Å². The lowest BCUT2D eigenvalue weighted by atomic mass is 10.1. The maximum atomic E-state index is 11.3. The van der Waals surface area contributed by atoms with Crippen LogP contribution in [-0.4, -0.2) is 41.6 Å². The first-order chi connectivity index (χ1) is 8.61. The van der Waals surface area contributed by atoms with E-state index in [1.807, 2.05) is 0 Å². The fraction of sp³-hybridized carbons (Fsp3) is 0.333. The van der Waals surface area contributed by atoms with Gasteiger partial charge in [0.15, 0.2) is 11.5 Å². The number of carbonyl (C=O) groups excluding carboxylic acids is 1. The molecule has 1 aromatic carbocycles. The highest BCUT2D eigenvalue weighted by Gasteiger charge is 2.22. The van der Waals surface area contributed by atoms with Crippen LogP contribution >= 0.6 is 11.8 Å². The Bertz CT molecular complexity index is 481. The Morgan fingerprint density at radius 2 is 2.06 bits per heavy atom. The third-order valence-corrected chi connectivity index (χ3v) is 3.74. The van der Waals surface area contributed by atoms with Crippen molar-refractivity contribution < 1.29 is 24.2 Å². The van der Waals surface area contributed by atoms with Crippen LogP contribution < -0.4 is 9.47 Å². The molecule has 0 amide bonds. The summed E-state index contributed by atoms with van der Waals surface area (Å²) in [7, 11) is 1.45. The number of rotatable bonds is 5. The Morgan fingerprint density at radius 3 is 2.56 bits per heavy atom. The van der Waals surface area contributed by atoms with Crippen LogP contribution in [0.3, 0.4) is 0 Å². The summed E-state index contributed by atoms with van der Waals surface area (Å²) in [6.45, 7) is 0. The lowest BCUT2D eigenvalue weighted by Gasteiger charge is -2.26. The summed E-state index contributed by atoms with van der Waals surface area (Å²) in [6, 6.07) is 4.38. The molecule has 0 aliphatic carbocycles. The smallest absolute Gasteiger partial charge is 0.377 e. The molecule has 5 nitrogen and oxygen atoms in total. The van der Waals surface area contributed by atoms with Gasteiger partial charge in [-0.3, -0.25) is 4.79 Å². The number of benzene rings is 1. The third-order valence-electron chi connectivity index (χ3n) is 2.52. The molecule has 6 heteroatoms. The summed E-state index contributed by atoms with van der Waals surface area (Å²) in [6.07, 6.45) is 0.157. The summed E-state index contributed by atoms with van der Waals surface area (Å²) < 4.78 is 10.8. The number of ether oxygens (including phenoxy) is 2. The van der Waals surface area contributed by atoms with Gasteiger partial charge in [-0.1, -0.05) is 0 Å². The lowest BCUT2D eigenvalue weighted by Crippen LogP contribution is -2.31. The highest BCUT2D eigenvalue weighted by atomic mass is 32.2. The van der Waals surface area contributed by atoms with Crippen molar-refractivity contribution in [3.63, 3.8) is 0 Å². The van der Waals surface area contributed by atoms with Gasteiger partial charge in [0.1, 0.15) is 6.10 Å². The molecule has 1 saturated heterocycles. The first-order valence-electron chi connectivity index (χ1n) is 5.32. The van der Waals surface area contributed by atoms with Crippen molar-refractivity contribution in [2.75, 3.05) is 18.6 Å². The molecule has 1 fully saturated rings.